The van der Waals surface area contributed by atoms with Crippen molar-refractivity contribution in [3.63, 3.8) is 0 Å². The van der Waals surface area contributed by atoms with Crippen molar-refractivity contribution in [3.05, 3.63) is 11.2 Å². The second-order valence-electron chi connectivity index (χ2n) is 5.23. The first kappa shape index (κ1) is 13.4. The molecular weight excluding hydrogens is 288 g/mol. The van der Waals surface area contributed by atoms with E-state index in [2.05, 4.69) is 10.4 Å². The molecule has 1 N–H and O–H groups in total. The highest BCUT2D eigenvalue weighted by atomic mass is 35.5. The Hall–Kier alpha value is -0.630. The van der Waals surface area contributed by atoms with Gasteiger partial charge in [0.2, 0.25) is 0 Å². The first-order valence-electron chi connectivity index (χ1n) is 6.42. The Morgan fingerprint density at radius 3 is 2.53 bits per heavy atom. The number of piperazine rings is 1. The number of nitrogens with one attached hydrogen (secondary N) is 1. The van der Waals surface area contributed by atoms with E-state index < -0.39 is 10.0 Å². The lowest BCUT2D eigenvalue weighted by atomic mass is 9.96. The van der Waals surface area contributed by atoms with Gasteiger partial charge >= 0.3 is 0 Å². The van der Waals surface area contributed by atoms with Crippen molar-refractivity contribution in [1.29, 1.82) is 0 Å². The molecule has 8 heteroatoms. The minimum absolute atomic E-state index is 0.0918. The van der Waals surface area contributed by atoms with Crippen LogP contribution in [0.25, 0.3) is 0 Å². The highest BCUT2D eigenvalue weighted by molar-refractivity contribution is 7.89. The van der Waals surface area contributed by atoms with Gasteiger partial charge in [0.15, 0.2) is 5.03 Å². The molecule has 2 aliphatic rings. The number of hydrogen-bond donors (Lipinski definition) is 1. The van der Waals surface area contributed by atoms with E-state index >= 15 is 0 Å². The van der Waals surface area contributed by atoms with Crippen molar-refractivity contribution >= 4 is 21.6 Å². The molecule has 2 unspecified atom stereocenters. The van der Waals surface area contributed by atoms with Crippen LogP contribution in [0, 0.1) is 0 Å². The molecule has 0 aromatic carbocycles. The third-order valence-electron chi connectivity index (χ3n) is 3.85. The van der Waals surface area contributed by atoms with Crippen molar-refractivity contribution in [2.24, 2.45) is 7.05 Å². The average Bonchev–Trinajstić information content (AvgIpc) is 2.69. The lowest BCUT2D eigenvalue weighted by Crippen LogP contribution is -2.59. The van der Waals surface area contributed by atoms with Gasteiger partial charge in [-0.2, -0.15) is 9.40 Å². The van der Waals surface area contributed by atoms with Crippen molar-refractivity contribution < 1.29 is 8.42 Å². The fourth-order valence-electron chi connectivity index (χ4n) is 2.97. The molecule has 0 spiro atoms. The number of hydrogen-bond acceptors (Lipinski definition) is 4. The highest BCUT2D eigenvalue weighted by Gasteiger charge is 2.38. The number of sulfonamides is 1. The van der Waals surface area contributed by atoms with Gasteiger partial charge < -0.3 is 5.32 Å². The molecule has 3 heterocycles. The van der Waals surface area contributed by atoms with Crippen LogP contribution in [0.3, 0.4) is 0 Å². The first-order chi connectivity index (χ1) is 8.98. The van der Waals surface area contributed by atoms with Gasteiger partial charge in [-0.1, -0.05) is 18.0 Å². The summed E-state index contributed by atoms with van der Waals surface area (Å²) < 4.78 is 28.2. The molecule has 1 aromatic rings. The summed E-state index contributed by atoms with van der Waals surface area (Å²) in [6.45, 7) is 1.03. The third kappa shape index (κ3) is 2.29. The normalized spacial score (nSPS) is 28.5. The Kier molecular flexibility index (Phi) is 3.33. The summed E-state index contributed by atoms with van der Waals surface area (Å²) in [6, 6.07) is 0.517. The molecule has 2 aliphatic heterocycles. The molecule has 2 atom stereocenters. The molecule has 19 heavy (non-hydrogen) atoms. The van der Waals surface area contributed by atoms with Crippen LogP contribution < -0.4 is 5.32 Å². The molecule has 2 saturated heterocycles. The Morgan fingerprint density at radius 2 is 2.00 bits per heavy atom. The predicted octanol–water partition coefficient (Wildman–Crippen LogP) is 0.589. The van der Waals surface area contributed by atoms with Crippen LogP contribution in [-0.4, -0.2) is 47.7 Å². The zero-order valence-electron chi connectivity index (χ0n) is 10.7. The lowest BCUT2D eigenvalue weighted by molar-refractivity contribution is 0.190. The van der Waals surface area contributed by atoms with Gasteiger partial charge in [-0.05, 0) is 12.8 Å². The molecule has 0 saturated carbocycles. The van der Waals surface area contributed by atoms with E-state index in [4.69, 9.17) is 11.6 Å². The molecule has 2 bridgehead atoms. The number of aromatic nitrogens is 2. The molecule has 0 amide bonds. The summed E-state index contributed by atoms with van der Waals surface area (Å²) >= 11 is 5.96. The van der Waals surface area contributed by atoms with Crippen LogP contribution in [0.4, 0.5) is 0 Å². The maximum atomic E-state index is 12.7. The largest absolute Gasteiger partial charge is 0.309 e. The van der Waals surface area contributed by atoms with Gasteiger partial charge in [0, 0.05) is 32.2 Å². The molecule has 0 radical (unpaired) electrons. The number of nitrogens with zero attached hydrogens (tertiary/aromatic N) is 3. The van der Waals surface area contributed by atoms with E-state index in [0.717, 1.165) is 12.8 Å². The third-order valence-corrected chi connectivity index (χ3v) is 6.19. The van der Waals surface area contributed by atoms with Gasteiger partial charge in [-0.15, -0.1) is 0 Å². The lowest BCUT2D eigenvalue weighted by Gasteiger charge is -2.41. The van der Waals surface area contributed by atoms with E-state index in [1.807, 2.05) is 0 Å². The molecule has 2 fully saturated rings. The van der Waals surface area contributed by atoms with Crippen molar-refractivity contribution in [2.45, 2.75) is 36.4 Å². The summed E-state index contributed by atoms with van der Waals surface area (Å²) in [5, 5.41) is 7.66. The smallest absolute Gasteiger partial charge is 0.261 e. The fraction of sp³-hybridized carbons (Fsp3) is 0.727. The number of fused-ring (bicyclic) bond motifs is 2. The van der Waals surface area contributed by atoms with Crippen LogP contribution in [0.5, 0.6) is 0 Å². The highest BCUT2D eigenvalue weighted by Crippen LogP contribution is 2.28. The monoisotopic (exact) mass is 304 g/mol. The topological polar surface area (TPSA) is 67.2 Å². The Labute approximate surface area is 117 Å². The zero-order valence-corrected chi connectivity index (χ0v) is 12.3. The molecule has 6 nitrogen and oxygen atoms in total. The molecule has 0 aliphatic carbocycles. The minimum Gasteiger partial charge on any atom is -0.309 e. The Balaban J connectivity index is 1.93. The Bertz CT molecular complexity index is 554. The predicted molar refractivity (Wildman–Crippen MR) is 71.5 cm³/mol. The number of aryl methyl sites for hydroxylation is 1. The second kappa shape index (κ2) is 4.73. The quantitative estimate of drug-likeness (QED) is 0.868. The second-order valence-corrected chi connectivity index (χ2v) is 7.50. The van der Waals surface area contributed by atoms with E-state index in [0.29, 0.717) is 13.1 Å². The number of halogens is 1. The van der Waals surface area contributed by atoms with Crippen LogP contribution in [0.1, 0.15) is 19.3 Å². The zero-order chi connectivity index (χ0) is 13.6. The molecular formula is C11H17ClN4O2S. The van der Waals surface area contributed by atoms with E-state index in [9.17, 15) is 8.42 Å². The van der Waals surface area contributed by atoms with Crippen molar-refractivity contribution in [1.82, 2.24) is 19.4 Å². The van der Waals surface area contributed by atoms with Crippen LogP contribution in [-0.2, 0) is 17.1 Å². The number of piperidine rings is 1. The minimum atomic E-state index is -3.56. The number of rotatable bonds is 2. The standard InChI is InChI=1S/C11H17ClN4O2S/c1-15-11(10(12)5-13-15)19(17,18)16-6-8-3-2-4-9(7-16)14-8/h5,8-9,14H,2-4,6-7H2,1H3. The summed E-state index contributed by atoms with van der Waals surface area (Å²) in [7, 11) is -1.96. The van der Waals surface area contributed by atoms with E-state index in [1.165, 1.54) is 17.3 Å². The van der Waals surface area contributed by atoms with Crippen molar-refractivity contribution in [3.8, 4) is 0 Å². The maximum Gasteiger partial charge on any atom is 0.261 e. The summed E-state index contributed by atoms with van der Waals surface area (Å²) in [6.07, 6.45) is 4.60. The maximum absolute atomic E-state index is 12.7. The Morgan fingerprint density at radius 1 is 1.37 bits per heavy atom. The van der Waals surface area contributed by atoms with Gasteiger partial charge in [0.25, 0.3) is 10.0 Å². The first-order valence-corrected chi connectivity index (χ1v) is 8.24. The fourth-order valence-corrected chi connectivity index (χ4v) is 5.11. The van der Waals surface area contributed by atoms with Crippen molar-refractivity contribution in [2.75, 3.05) is 13.1 Å². The van der Waals surface area contributed by atoms with E-state index in [-0.39, 0.29) is 22.1 Å². The van der Waals surface area contributed by atoms with Gasteiger partial charge in [0.1, 0.15) is 0 Å². The van der Waals surface area contributed by atoms with E-state index in [1.54, 1.807) is 11.4 Å². The average molecular weight is 305 g/mol. The SMILES string of the molecule is Cn1ncc(Cl)c1S(=O)(=O)N1CC2CCCC(C1)N2. The van der Waals surface area contributed by atoms with Crippen LogP contribution >= 0.6 is 11.6 Å². The summed E-state index contributed by atoms with van der Waals surface area (Å²) in [5.74, 6) is 0. The molecule has 106 valence electrons. The van der Waals surface area contributed by atoms with Gasteiger partial charge in [-0.25, -0.2) is 8.42 Å². The van der Waals surface area contributed by atoms with Gasteiger partial charge in [-0.3, -0.25) is 4.68 Å². The van der Waals surface area contributed by atoms with Gasteiger partial charge in [0.05, 0.1) is 11.2 Å². The van der Waals surface area contributed by atoms with Crippen LogP contribution in [0.15, 0.2) is 11.2 Å². The van der Waals surface area contributed by atoms with Crippen LogP contribution in [0.2, 0.25) is 5.02 Å². The molecule has 1 aromatic heterocycles. The summed E-state index contributed by atoms with van der Waals surface area (Å²) in [5.41, 5.74) is 0. The summed E-state index contributed by atoms with van der Waals surface area (Å²) in [4.78, 5) is 0. The molecule has 3 rings (SSSR count).